The molecule has 1 heterocycles. The number of carbonyl (C=O) groups is 1. The molecule has 0 aliphatic rings. The van der Waals surface area contributed by atoms with Gasteiger partial charge in [-0.2, -0.15) is 0 Å². The molecule has 0 saturated heterocycles. The number of hydrogen-bond acceptors (Lipinski definition) is 2. The molecule has 106 valence electrons. The Hall–Kier alpha value is -1.59. The van der Waals surface area contributed by atoms with Crippen LogP contribution >= 0.6 is 15.9 Å². The van der Waals surface area contributed by atoms with E-state index < -0.39 is 0 Å². The van der Waals surface area contributed by atoms with Gasteiger partial charge in [-0.25, -0.2) is 0 Å². The van der Waals surface area contributed by atoms with E-state index in [9.17, 15) is 4.79 Å². The van der Waals surface area contributed by atoms with Gasteiger partial charge in [-0.3, -0.25) is 4.79 Å². The number of hydrogen-bond donors (Lipinski definition) is 0. The van der Waals surface area contributed by atoms with Crippen molar-refractivity contribution in [1.82, 2.24) is 5.10 Å². The molecule has 0 aliphatic heterocycles. The standard InChI is InChI=1S/C16H12BrN2O.BrH/c17-15-8-4-3-7-14(15)16(20)11-19-10-13-6-2-1-5-12(13)9-18-19;/h1-10H,11H2;1H/q+1;/p-1. The Morgan fingerprint density at radius 2 is 1.71 bits per heavy atom. The fraction of sp³-hybridized carbons (Fsp3) is 0.0625. The Labute approximate surface area is 141 Å². The number of Topliss-reactive ketones (excluding diaryl/α,β-unsaturated/α-hetero) is 1. The largest absolute Gasteiger partial charge is 1.00 e. The fourth-order valence-corrected chi connectivity index (χ4v) is 2.59. The van der Waals surface area contributed by atoms with E-state index in [4.69, 9.17) is 0 Å². The first-order valence-electron chi connectivity index (χ1n) is 6.26. The molecule has 3 aromatic rings. The summed E-state index contributed by atoms with van der Waals surface area (Å²) in [4.78, 5) is 12.3. The Morgan fingerprint density at radius 1 is 1.05 bits per heavy atom. The quantitative estimate of drug-likeness (QED) is 0.458. The monoisotopic (exact) mass is 406 g/mol. The van der Waals surface area contributed by atoms with E-state index in [0.29, 0.717) is 5.56 Å². The van der Waals surface area contributed by atoms with Crippen molar-refractivity contribution in [2.45, 2.75) is 6.54 Å². The van der Waals surface area contributed by atoms with Crippen LogP contribution in [-0.4, -0.2) is 10.9 Å². The van der Waals surface area contributed by atoms with Gasteiger partial charge in [0, 0.05) is 20.8 Å². The molecule has 5 heteroatoms. The normalized spacial score (nSPS) is 10.1. The summed E-state index contributed by atoms with van der Waals surface area (Å²) in [5.74, 6) is 0.0326. The zero-order valence-electron chi connectivity index (χ0n) is 11.0. The molecule has 0 radical (unpaired) electrons. The van der Waals surface area contributed by atoms with Gasteiger partial charge in [0.15, 0.2) is 0 Å². The zero-order valence-corrected chi connectivity index (χ0v) is 14.2. The van der Waals surface area contributed by atoms with E-state index in [-0.39, 0.29) is 29.3 Å². The number of aromatic nitrogens is 2. The van der Waals surface area contributed by atoms with Gasteiger partial charge >= 0.3 is 0 Å². The predicted molar refractivity (Wildman–Crippen MR) is 80.4 cm³/mol. The van der Waals surface area contributed by atoms with Crippen molar-refractivity contribution in [1.29, 1.82) is 0 Å². The average Bonchev–Trinajstić information content (AvgIpc) is 2.47. The molecule has 3 nitrogen and oxygen atoms in total. The number of nitrogens with zero attached hydrogens (tertiary/aromatic N) is 2. The highest BCUT2D eigenvalue weighted by atomic mass is 79.9. The molecule has 0 bridgehead atoms. The third-order valence-electron chi connectivity index (χ3n) is 3.11. The van der Waals surface area contributed by atoms with Gasteiger partial charge in [-0.05, 0) is 17.2 Å². The molecular weight excluding hydrogens is 396 g/mol. The summed E-state index contributed by atoms with van der Waals surface area (Å²) in [7, 11) is 0. The topological polar surface area (TPSA) is 33.8 Å². The molecular formula is C16H12Br2N2O. The van der Waals surface area contributed by atoms with Crippen molar-refractivity contribution in [2.24, 2.45) is 0 Å². The summed E-state index contributed by atoms with van der Waals surface area (Å²) in [5.41, 5.74) is 0.676. The lowest BCUT2D eigenvalue weighted by atomic mass is 10.1. The van der Waals surface area contributed by atoms with Crippen molar-refractivity contribution < 1.29 is 26.5 Å². The first-order chi connectivity index (χ1) is 9.74. The van der Waals surface area contributed by atoms with Gasteiger partial charge in [-0.15, -0.1) is 0 Å². The Bertz CT molecular complexity index is 790. The van der Waals surface area contributed by atoms with Gasteiger partial charge < -0.3 is 17.0 Å². The highest BCUT2D eigenvalue weighted by Crippen LogP contribution is 2.16. The molecule has 0 spiro atoms. The third-order valence-corrected chi connectivity index (χ3v) is 3.80. The van der Waals surface area contributed by atoms with Gasteiger partial charge in [0.25, 0.3) is 0 Å². The molecule has 0 amide bonds. The summed E-state index contributed by atoms with van der Waals surface area (Å²) in [5, 5.41) is 6.42. The number of carbonyl (C=O) groups excluding carboxylic acids is 1. The van der Waals surface area contributed by atoms with E-state index in [1.807, 2.05) is 54.7 Å². The van der Waals surface area contributed by atoms with E-state index >= 15 is 0 Å². The summed E-state index contributed by atoms with van der Waals surface area (Å²) < 4.78 is 2.48. The second-order valence-electron chi connectivity index (χ2n) is 4.50. The number of ketones is 1. The maximum Gasteiger partial charge on any atom is 0.236 e. The summed E-state index contributed by atoms with van der Waals surface area (Å²) >= 11 is 3.40. The molecule has 0 N–H and O–H groups in total. The smallest absolute Gasteiger partial charge is 0.236 e. The average molecular weight is 408 g/mol. The van der Waals surface area contributed by atoms with Crippen LogP contribution in [0.1, 0.15) is 10.4 Å². The maximum atomic E-state index is 12.3. The Kier molecular flexibility index (Phi) is 5.20. The lowest BCUT2D eigenvalue weighted by Gasteiger charge is -2.00. The van der Waals surface area contributed by atoms with Crippen molar-refractivity contribution >= 4 is 32.5 Å². The van der Waals surface area contributed by atoms with Crippen LogP contribution in [0.2, 0.25) is 0 Å². The van der Waals surface area contributed by atoms with Crippen LogP contribution < -0.4 is 21.7 Å². The molecule has 0 aliphatic carbocycles. The van der Waals surface area contributed by atoms with Crippen molar-refractivity contribution in [3.05, 3.63) is 71.0 Å². The molecule has 1 aromatic heterocycles. The lowest BCUT2D eigenvalue weighted by Crippen LogP contribution is -3.00. The van der Waals surface area contributed by atoms with E-state index in [1.54, 1.807) is 10.9 Å². The Balaban J connectivity index is 0.00000161. The number of rotatable bonds is 3. The molecule has 0 fully saturated rings. The first kappa shape index (κ1) is 15.8. The van der Waals surface area contributed by atoms with Gasteiger partial charge in [0.2, 0.25) is 18.5 Å². The predicted octanol–water partition coefficient (Wildman–Crippen LogP) is 0.172. The van der Waals surface area contributed by atoms with E-state index in [1.165, 1.54) is 0 Å². The summed E-state index contributed by atoms with van der Waals surface area (Å²) in [6.45, 7) is 0.230. The highest BCUT2D eigenvalue weighted by Gasteiger charge is 2.16. The number of fused-ring (bicyclic) bond motifs is 1. The highest BCUT2D eigenvalue weighted by molar-refractivity contribution is 9.10. The van der Waals surface area contributed by atoms with Crippen LogP contribution in [0.5, 0.6) is 0 Å². The van der Waals surface area contributed by atoms with Crippen molar-refractivity contribution in [3.8, 4) is 0 Å². The molecule has 21 heavy (non-hydrogen) atoms. The van der Waals surface area contributed by atoms with Crippen LogP contribution in [0, 0.1) is 0 Å². The lowest BCUT2D eigenvalue weighted by molar-refractivity contribution is -0.740. The van der Waals surface area contributed by atoms with Crippen molar-refractivity contribution in [2.75, 3.05) is 0 Å². The van der Waals surface area contributed by atoms with Crippen LogP contribution in [-0.2, 0) is 6.54 Å². The molecule has 0 unspecified atom stereocenters. The van der Waals surface area contributed by atoms with Gasteiger partial charge in [0.1, 0.15) is 6.20 Å². The number of benzene rings is 2. The first-order valence-corrected chi connectivity index (χ1v) is 7.05. The fourth-order valence-electron chi connectivity index (χ4n) is 2.08. The SMILES string of the molecule is O=C(C[n+]1cc2ccccc2cn1)c1ccccc1Br.[Br-]. The maximum absolute atomic E-state index is 12.3. The molecule has 3 rings (SSSR count). The minimum absolute atomic E-state index is 0. The molecule has 0 atom stereocenters. The third kappa shape index (κ3) is 3.54. The second kappa shape index (κ2) is 6.91. The van der Waals surface area contributed by atoms with E-state index in [0.717, 1.165) is 15.2 Å². The second-order valence-corrected chi connectivity index (χ2v) is 5.36. The molecule has 0 saturated carbocycles. The zero-order chi connectivity index (χ0) is 13.9. The molecule has 2 aromatic carbocycles. The van der Waals surface area contributed by atoms with Crippen LogP contribution in [0.25, 0.3) is 10.8 Å². The van der Waals surface area contributed by atoms with Gasteiger partial charge in [-0.1, -0.05) is 57.0 Å². The minimum atomic E-state index is 0. The van der Waals surface area contributed by atoms with Gasteiger partial charge in [0.05, 0.1) is 0 Å². The van der Waals surface area contributed by atoms with Crippen LogP contribution in [0.4, 0.5) is 0 Å². The summed E-state index contributed by atoms with van der Waals surface area (Å²) in [6, 6.07) is 15.4. The summed E-state index contributed by atoms with van der Waals surface area (Å²) in [6.07, 6.45) is 3.67. The van der Waals surface area contributed by atoms with Crippen LogP contribution in [0.15, 0.2) is 65.4 Å². The van der Waals surface area contributed by atoms with Crippen molar-refractivity contribution in [3.63, 3.8) is 0 Å². The Morgan fingerprint density at radius 3 is 2.48 bits per heavy atom. The minimum Gasteiger partial charge on any atom is -1.00 e. The number of halogens is 2. The van der Waals surface area contributed by atoms with E-state index in [2.05, 4.69) is 21.0 Å². The van der Waals surface area contributed by atoms with Crippen LogP contribution in [0.3, 0.4) is 0 Å².